The highest BCUT2D eigenvalue weighted by Gasteiger charge is 2.53. The van der Waals surface area contributed by atoms with E-state index in [1.54, 1.807) is 86.0 Å². The first-order valence-corrected chi connectivity index (χ1v) is 12.1. The largest absolute Gasteiger partial charge is 0.497 e. The van der Waals surface area contributed by atoms with Crippen molar-refractivity contribution in [3.8, 4) is 11.5 Å². The van der Waals surface area contributed by atoms with E-state index in [4.69, 9.17) is 21.1 Å². The van der Waals surface area contributed by atoms with Crippen LogP contribution in [-0.4, -0.2) is 36.8 Å². The van der Waals surface area contributed by atoms with Crippen molar-refractivity contribution in [2.75, 3.05) is 14.2 Å². The van der Waals surface area contributed by atoms with Gasteiger partial charge in [0.25, 0.3) is 0 Å². The number of ether oxygens (including phenoxy) is 2. The number of benzene rings is 3. The van der Waals surface area contributed by atoms with Crippen molar-refractivity contribution in [1.82, 2.24) is 0 Å². The molecule has 0 amide bonds. The summed E-state index contributed by atoms with van der Waals surface area (Å²) in [6.45, 7) is 0. The first-order valence-electron chi connectivity index (χ1n) is 11.7. The molecule has 1 aliphatic carbocycles. The van der Waals surface area contributed by atoms with Gasteiger partial charge in [-0.2, -0.15) is 0 Å². The van der Waals surface area contributed by atoms with Crippen LogP contribution < -0.4 is 9.47 Å². The lowest BCUT2D eigenvalue weighted by Gasteiger charge is -2.36. The Labute approximate surface area is 219 Å². The Kier molecular flexibility index (Phi) is 8.04. The predicted octanol–water partition coefficient (Wildman–Crippen LogP) is 5.74. The molecule has 3 aromatic rings. The van der Waals surface area contributed by atoms with E-state index in [9.17, 15) is 19.7 Å². The molecule has 0 radical (unpaired) electrons. The summed E-state index contributed by atoms with van der Waals surface area (Å²) in [7, 11) is 3.09. The molecule has 0 saturated heterocycles. The van der Waals surface area contributed by atoms with Crippen molar-refractivity contribution < 1.29 is 24.0 Å². The summed E-state index contributed by atoms with van der Waals surface area (Å²) >= 11 is 6.07. The van der Waals surface area contributed by atoms with Gasteiger partial charge in [0.2, 0.25) is 6.04 Å². The maximum Gasteiger partial charge on any atom is 0.228 e. The number of nitro groups is 1. The molecule has 0 aromatic heterocycles. The van der Waals surface area contributed by atoms with Gasteiger partial charge in [-0.05, 0) is 59.2 Å². The number of methoxy groups -OCH3 is 2. The maximum atomic E-state index is 13.5. The fourth-order valence-corrected chi connectivity index (χ4v) is 5.09. The van der Waals surface area contributed by atoms with E-state index >= 15 is 0 Å². The van der Waals surface area contributed by atoms with Gasteiger partial charge < -0.3 is 9.47 Å². The van der Waals surface area contributed by atoms with Crippen LogP contribution >= 0.6 is 11.6 Å². The number of carbonyl (C=O) groups excluding carboxylic acids is 2. The van der Waals surface area contributed by atoms with E-state index in [1.165, 1.54) is 13.2 Å². The highest BCUT2D eigenvalue weighted by atomic mass is 35.5. The number of Topliss-reactive ketones (excluding diaryl/α,β-unsaturated/α-hetero) is 1. The third kappa shape index (κ3) is 5.73. The molecule has 190 valence electrons. The molecule has 4 atom stereocenters. The van der Waals surface area contributed by atoms with Crippen molar-refractivity contribution in [2.24, 2.45) is 5.92 Å². The lowest BCUT2D eigenvalue weighted by molar-refractivity contribution is -0.533. The molecule has 0 N–H and O–H groups in total. The van der Waals surface area contributed by atoms with E-state index in [0.717, 1.165) is 5.56 Å². The quantitative estimate of drug-likeness (QED) is 0.163. The van der Waals surface area contributed by atoms with Gasteiger partial charge in [-0.1, -0.05) is 54.1 Å². The first-order chi connectivity index (χ1) is 17.8. The highest BCUT2D eigenvalue weighted by Crippen LogP contribution is 2.45. The molecule has 0 spiro atoms. The summed E-state index contributed by atoms with van der Waals surface area (Å²) in [6, 6.07) is 19.3. The van der Waals surface area contributed by atoms with Crippen LogP contribution in [0.5, 0.6) is 11.5 Å². The molecule has 0 aliphatic heterocycles. The smallest absolute Gasteiger partial charge is 0.228 e. The molecule has 3 aromatic carbocycles. The van der Waals surface area contributed by atoms with Crippen molar-refractivity contribution in [3.63, 3.8) is 0 Å². The molecule has 4 unspecified atom stereocenters. The van der Waals surface area contributed by atoms with Crippen LogP contribution in [0.4, 0.5) is 0 Å². The summed E-state index contributed by atoms with van der Waals surface area (Å²) in [6.07, 6.45) is 2.82. The van der Waals surface area contributed by atoms with Gasteiger partial charge in [0.15, 0.2) is 5.78 Å². The average molecular weight is 520 g/mol. The Morgan fingerprint density at radius 1 is 0.919 bits per heavy atom. The second-order valence-electron chi connectivity index (χ2n) is 8.89. The third-order valence-electron chi connectivity index (χ3n) is 6.81. The molecule has 37 heavy (non-hydrogen) atoms. The fraction of sp³-hybridized carbons (Fsp3) is 0.241. The van der Waals surface area contributed by atoms with E-state index in [1.807, 2.05) is 0 Å². The Morgan fingerprint density at radius 3 is 2.00 bits per heavy atom. The molecule has 7 nitrogen and oxygen atoms in total. The summed E-state index contributed by atoms with van der Waals surface area (Å²) < 4.78 is 10.4. The Hall–Kier alpha value is -3.97. The van der Waals surface area contributed by atoms with Crippen LogP contribution in [0.25, 0.3) is 6.08 Å². The van der Waals surface area contributed by atoms with Gasteiger partial charge in [0, 0.05) is 16.4 Å². The number of allylic oxidation sites excluding steroid dienone is 1. The number of ketones is 2. The van der Waals surface area contributed by atoms with Crippen LogP contribution in [0.3, 0.4) is 0 Å². The predicted molar refractivity (Wildman–Crippen MR) is 141 cm³/mol. The first kappa shape index (κ1) is 26.1. The molecule has 0 heterocycles. The highest BCUT2D eigenvalue weighted by molar-refractivity contribution is 6.30. The Balaban J connectivity index is 1.74. The van der Waals surface area contributed by atoms with E-state index in [2.05, 4.69) is 0 Å². The van der Waals surface area contributed by atoms with Crippen LogP contribution in [0, 0.1) is 16.0 Å². The number of nitrogens with zero attached hydrogens (tertiary/aromatic N) is 1. The van der Waals surface area contributed by atoms with Crippen LogP contribution in [0.2, 0.25) is 5.02 Å². The number of hydrogen-bond donors (Lipinski definition) is 0. The van der Waals surface area contributed by atoms with Crippen LogP contribution in [-0.2, 0) is 9.59 Å². The van der Waals surface area contributed by atoms with Gasteiger partial charge in [-0.25, -0.2) is 0 Å². The van der Waals surface area contributed by atoms with E-state index in [-0.39, 0.29) is 17.1 Å². The summed E-state index contributed by atoms with van der Waals surface area (Å²) in [5, 5.41) is 13.0. The molecular formula is C29H26ClNO6. The number of rotatable bonds is 8. The zero-order valence-electron chi connectivity index (χ0n) is 20.4. The molecule has 1 aliphatic rings. The average Bonchev–Trinajstić information content (AvgIpc) is 2.91. The summed E-state index contributed by atoms with van der Waals surface area (Å²) in [4.78, 5) is 39.1. The van der Waals surface area contributed by atoms with Crippen molar-refractivity contribution in [2.45, 2.75) is 24.3 Å². The van der Waals surface area contributed by atoms with Crippen molar-refractivity contribution >= 4 is 29.2 Å². The topological polar surface area (TPSA) is 95.7 Å². The van der Waals surface area contributed by atoms with E-state index in [0.29, 0.717) is 27.6 Å². The lowest BCUT2D eigenvalue weighted by Crippen LogP contribution is -2.48. The van der Waals surface area contributed by atoms with Gasteiger partial charge in [-0.3, -0.25) is 19.7 Å². The molecule has 4 rings (SSSR count). The van der Waals surface area contributed by atoms with E-state index < -0.39 is 29.6 Å². The minimum Gasteiger partial charge on any atom is -0.497 e. The molecular weight excluding hydrogens is 494 g/mol. The third-order valence-corrected chi connectivity index (χ3v) is 7.06. The molecule has 1 fully saturated rings. The summed E-state index contributed by atoms with van der Waals surface area (Å²) in [5.74, 6) is -2.39. The van der Waals surface area contributed by atoms with Gasteiger partial charge >= 0.3 is 0 Å². The Bertz CT molecular complexity index is 1300. The SMILES string of the molecule is COc1ccc(C=CC(=O)C2C(=O)CC(c3ccc(OC)cc3)C([N+](=O)[O-])C2c2ccc(Cl)cc2)cc1. The van der Waals surface area contributed by atoms with Crippen LogP contribution in [0.15, 0.2) is 78.9 Å². The Morgan fingerprint density at radius 2 is 1.46 bits per heavy atom. The second-order valence-corrected chi connectivity index (χ2v) is 9.33. The van der Waals surface area contributed by atoms with Crippen molar-refractivity contribution in [1.29, 1.82) is 0 Å². The van der Waals surface area contributed by atoms with Gasteiger partial charge in [-0.15, -0.1) is 0 Å². The number of halogens is 1. The van der Waals surface area contributed by atoms with Crippen molar-refractivity contribution in [3.05, 3.63) is 111 Å². The molecule has 1 saturated carbocycles. The monoisotopic (exact) mass is 519 g/mol. The normalized spacial score (nSPS) is 21.5. The zero-order chi connectivity index (χ0) is 26.5. The molecule has 0 bridgehead atoms. The van der Waals surface area contributed by atoms with Crippen LogP contribution in [0.1, 0.15) is 34.9 Å². The minimum absolute atomic E-state index is 0.116. The van der Waals surface area contributed by atoms with Gasteiger partial charge in [0.1, 0.15) is 17.3 Å². The summed E-state index contributed by atoms with van der Waals surface area (Å²) in [5.41, 5.74) is 1.91. The number of carbonyl (C=O) groups is 2. The second kappa shape index (κ2) is 11.4. The fourth-order valence-electron chi connectivity index (χ4n) is 4.96. The van der Waals surface area contributed by atoms with Gasteiger partial charge in [0.05, 0.1) is 32.0 Å². The standard InChI is InChI=1S/C29H26ClNO6/c1-36-22-12-3-18(4-13-22)5-16-25(32)28-26(33)17-24(19-8-14-23(37-2)15-9-19)29(31(34)35)27(28)20-6-10-21(30)11-7-20/h3-16,24,27-29H,17H2,1-2H3. The minimum atomic E-state index is -1.20. The lowest BCUT2D eigenvalue weighted by atomic mass is 9.64. The molecule has 8 heteroatoms. The maximum absolute atomic E-state index is 13.5. The number of hydrogen-bond acceptors (Lipinski definition) is 6. The zero-order valence-corrected chi connectivity index (χ0v) is 21.1.